The molecule has 0 aromatic rings. The lowest BCUT2D eigenvalue weighted by molar-refractivity contribution is -0.142. The molecule has 0 bridgehead atoms. The lowest BCUT2D eigenvalue weighted by Gasteiger charge is -2.30. The number of carbonyl (C=O) groups is 2. The average Bonchev–Trinajstić information content (AvgIpc) is 2.27. The van der Waals surface area contributed by atoms with Crippen molar-refractivity contribution in [2.75, 3.05) is 26.7 Å². The fourth-order valence-electron chi connectivity index (χ4n) is 1.52. The predicted octanol–water partition coefficient (Wildman–Crippen LogP) is 0.461. The van der Waals surface area contributed by atoms with Crippen LogP contribution in [0.15, 0.2) is 0 Å². The molecule has 0 aromatic carbocycles. The highest BCUT2D eigenvalue weighted by Gasteiger charge is 2.29. The number of aliphatic carboxylic acids is 1. The zero-order valence-electron chi connectivity index (χ0n) is 10.3. The highest BCUT2D eigenvalue weighted by Crippen LogP contribution is 2.08. The van der Waals surface area contributed by atoms with Gasteiger partial charge in [0, 0.05) is 13.6 Å². The van der Waals surface area contributed by atoms with E-state index in [0.29, 0.717) is 0 Å². The molecule has 8 heteroatoms. The maximum Gasteiger partial charge on any atom is 0.326 e. The second-order valence-corrected chi connectivity index (χ2v) is 3.72. The van der Waals surface area contributed by atoms with Crippen LogP contribution in [0.4, 0.5) is 13.6 Å². The molecule has 0 aliphatic rings. The Morgan fingerprint density at radius 2 is 1.89 bits per heavy atom. The van der Waals surface area contributed by atoms with Crippen LogP contribution in [0.3, 0.4) is 0 Å². The Labute approximate surface area is 104 Å². The van der Waals surface area contributed by atoms with Gasteiger partial charge in [-0.15, -0.1) is 0 Å². The van der Waals surface area contributed by atoms with E-state index in [1.807, 2.05) is 0 Å². The van der Waals surface area contributed by atoms with Crippen molar-refractivity contribution in [3.8, 4) is 0 Å². The number of carbonyl (C=O) groups excluding carboxylic acids is 1. The van der Waals surface area contributed by atoms with Crippen LogP contribution in [0.1, 0.15) is 13.3 Å². The quantitative estimate of drug-likeness (QED) is 0.703. The second-order valence-electron chi connectivity index (χ2n) is 3.72. The van der Waals surface area contributed by atoms with E-state index in [2.05, 4.69) is 0 Å². The summed E-state index contributed by atoms with van der Waals surface area (Å²) in [4.78, 5) is 24.3. The van der Waals surface area contributed by atoms with Crippen molar-refractivity contribution in [2.45, 2.75) is 25.8 Å². The summed E-state index contributed by atoms with van der Waals surface area (Å²) in [5, 5.41) is 17.6. The number of alkyl halides is 2. The molecule has 0 saturated heterocycles. The summed E-state index contributed by atoms with van der Waals surface area (Å²) in [6.45, 7) is 0.0194. The first-order chi connectivity index (χ1) is 8.34. The van der Waals surface area contributed by atoms with E-state index in [0.717, 1.165) is 9.80 Å². The largest absolute Gasteiger partial charge is 0.480 e. The molecule has 1 unspecified atom stereocenters. The first-order valence-corrected chi connectivity index (χ1v) is 5.48. The maximum atomic E-state index is 12.3. The topological polar surface area (TPSA) is 81.1 Å². The van der Waals surface area contributed by atoms with Gasteiger partial charge in [0.25, 0.3) is 6.43 Å². The van der Waals surface area contributed by atoms with Crippen molar-refractivity contribution >= 4 is 12.0 Å². The molecular formula is C10H18F2N2O4. The number of halogens is 2. The van der Waals surface area contributed by atoms with E-state index in [9.17, 15) is 18.4 Å². The fraction of sp³-hybridized carbons (Fsp3) is 0.800. The lowest BCUT2D eigenvalue weighted by atomic mass is 10.2. The van der Waals surface area contributed by atoms with Gasteiger partial charge in [0.1, 0.15) is 6.04 Å². The van der Waals surface area contributed by atoms with Crippen molar-refractivity contribution in [1.82, 2.24) is 9.80 Å². The van der Waals surface area contributed by atoms with Gasteiger partial charge >= 0.3 is 12.0 Å². The standard InChI is InChI=1S/C10H18F2N2O4/c1-3-7(9(16)17)13(2)10(18)14(4-5-15)6-8(11)12/h7-8,15H,3-6H2,1-2H3,(H,16,17). The molecule has 1 atom stereocenters. The van der Waals surface area contributed by atoms with E-state index >= 15 is 0 Å². The van der Waals surface area contributed by atoms with E-state index in [4.69, 9.17) is 10.2 Å². The number of likely N-dealkylation sites (N-methyl/N-ethyl adjacent to an activating group) is 1. The first-order valence-electron chi connectivity index (χ1n) is 5.48. The molecule has 106 valence electrons. The Morgan fingerprint density at radius 3 is 2.22 bits per heavy atom. The summed E-state index contributed by atoms with van der Waals surface area (Å²) in [7, 11) is 1.24. The van der Waals surface area contributed by atoms with Gasteiger partial charge in [-0.3, -0.25) is 0 Å². The predicted molar refractivity (Wildman–Crippen MR) is 59.5 cm³/mol. The molecule has 0 radical (unpaired) electrons. The second kappa shape index (κ2) is 7.80. The van der Waals surface area contributed by atoms with Gasteiger partial charge in [0.05, 0.1) is 13.2 Å². The summed E-state index contributed by atoms with van der Waals surface area (Å²) >= 11 is 0. The number of rotatable bonds is 7. The van der Waals surface area contributed by atoms with E-state index < -0.39 is 37.6 Å². The summed E-state index contributed by atoms with van der Waals surface area (Å²) in [5.41, 5.74) is 0. The minimum absolute atomic E-state index is 0.166. The van der Waals surface area contributed by atoms with Crippen molar-refractivity contribution in [3.05, 3.63) is 0 Å². The Balaban J connectivity index is 4.78. The highest BCUT2D eigenvalue weighted by molar-refractivity contribution is 5.82. The van der Waals surface area contributed by atoms with Crippen LogP contribution in [0, 0.1) is 0 Å². The molecule has 0 aromatic heterocycles. The molecule has 0 aliphatic carbocycles. The van der Waals surface area contributed by atoms with Gasteiger partial charge in [0.15, 0.2) is 0 Å². The van der Waals surface area contributed by atoms with Crippen LogP contribution >= 0.6 is 0 Å². The van der Waals surface area contributed by atoms with Crippen molar-refractivity contribution in [3.63, 3.8) is 0 Å². The number of urea groups is 1. The monoisotopic (exact) mass is 268 g/mol. The molecule has 0 spiro atoms. The van der Waals surface area contributed by atoms with Gasteiger partial charge in [-0.2, -0.15) is 0 Å². The number of nitrogens with zero attached hydrogens (tertiary/aromatic N) is 2. The Bertz CT molecular complexity index is 289. The van der Waals surface area contributed by atoms with Crippen LogP contribution in [0.25, 0.3) is 0 Å². The number of hydrogen-bond acceptors (Lipinski definition) is 3. The molecule has 2 amide bonds. The molecule has 0 heterocycles. The zero-order valence-corrected chi connectivity index (χ0v) is 10.3. The minimum atomic E-state index is -2.74. The molecule has 0 fully saturated rings. The Hall–Kier alpha value is -1.44. The van der Waals surface area contributed by atoms with E-state index in [-0.39, 0.29) is 13.0 Å². The smallest absolute Gasteiger partial charge is 0.326 e. The van der Waals surface area contributed by atoms with Crippen molar-refractivity contribution < 1.29 is 28.6 Å². The third-order valence-electron chi connectivity index (χ3n) is 2.44. The fourth-order valence-corrected chi connectivity index (χ4v) is 1.52. The minimum Gasteiger partial charge on any atom is -0.480 e. The van der Waals surface area contributed by atoms with Crippen LogP contribution in [-0.2, 0) is 4.79 Å². The first kappa shape index (κ1) is 16.6. The molecular weight excluding hydrogens is 250 g/mol. The van der Waals surface area contributed by atoms with Gasteiger partial charge in [-0.1, -0.05) is 6.92 Å². The molecule has 2 N–H and O–H groups in total. The maximum absolute atomic E-state index is 12.3. The summed E-state index contributed by atoms with van der Waals surface area (Å²) in [6.07, 6.45) is -2.57. The summed E-state index contributed by atoms with van der Waals surface area (Å²) < 4.78 is 24.5. The number of carboxylic acids is 1. The van der Waals surface area contributed by atoms with Crippen LogP contribution in [0.5, 0.6) is 0 Å². The number of aliphatic hydroxyl groups is 1. The van der Waals surface area contributed by atoms with Crippen LogP contribution in [0.2, 0.25) is 0 Å². The van der Waals surface area contributed by atoms with Gasteiger partial charge in [-0.05, 0) is 6.42 Å². The number of aliphatic hydroxyl groups excluding tert-OH is 1. The summed E-state index contributed by atoms with van der Waals surface area (Å²) in [5.74, 6) is -1.20. The summed E-state index contributed by atoms with van der Waals surface area (Å²) in [6, 6.07) is -1.91. The van der Waals surface area contributed by atoms with Gasteiger partial charge in [-0.25, -0.2) is 18.4 Å². The third kappa shape index (κ3) is 4.82. The van der Waals surface area contributed by atoms with Crippen LogP contribution in [-0.4, -0.2) is 71.2 Å². The van der Waals surface area contributed by atoms with Crippen molar-refractivity contribution in [1.29, 1.82) is 0 Å². The number of hydrogen-bond donors (Lipinski definition) is 2. The van der Waals surface area contributed by atoms with E-state index in [1.54, 1.807) is 6.92 Å². The number of amides is 2. The Kier molecular flexibility index (Phi) is 7.18. The molecule has 0 aliphatic heterocycles. The highest BCUT2D eigenvalue weighted by atomic mass is 19.3. The zero-order chi connectivity index (χ0) is 14.3. The van der Waals surface area contributed by atoms with Crippen LogP contribution < -0.4 is 0 Å². The Morgan fingerprint density at radius 1 is 1.33 bits per heavy atom. The lowest BCUT2D eigenvalue weighted by Crippen LogP contribution is -2.50. The molecule has 0 rings (SSSR count). The van der Waals surface area contributed by atoms with Gasteiger partial charge < -0.3 is 20.0 Å². The SMILES string of the molecule is CCC(C(=O)O)N(C)C(=O)N(CCO)CC(F)F. The molecule has 18 heavy (non-hydrogen) atoms. The van der Waals surface area contributed by atoms with Gasteiger partial charge in [0.2, 0.25) is 0 Å². The number of carboxylic acid groups (broad SMARTS) is 1. The van der Waals surface area contributed by atoms with Crippen molar-refractivity contribution in [2.24, 2.45) is 0 Å². The van der Waals surface area contributed by atoms with E-state index in [1.165, 1.54) is 7.05 Å². The molecule has 6 nitrogen and oxygen atoms in total. The normalized spacial score (nSPS) is 12.3. The third-order valence-corrected chi connectivity index (χ3v) is 2.44. The molecule has 0 saturated carbocycles. The average molecular weight is 268 g/mol.